The second kappa shape index (κ2) is 5.66. The van der Waals surface area contributed by atoms with Crippen LogP contribution in [-0.4, -0.2) is 0 Å². The van der Waals surface area contributed by atoms with Crippen molar-refractivity contribution in [2.24, 2.45) is 0 Å². The molecule has 0 saturated heterocycles. The predicted molar refractivity (Wildman–Crippen MR) is 88.3 cm³/mol. The van der Waals surface area contributed by atoms with Gasteiger partial charge >= 0.3 is 0 Å². The molecule has 0 aliphatic heterocycles. The van der Waals surface area contributed by atoms with Crippen molar-refractivity contribution in [1.82, 2.24) is 0 Å². The van der Waals surface area contributed by atoms with Gasteiger partial charge in [-0.3, -0.25) is 0 Å². The van der Waals surface area contributed by atoms with Gasteiger partial charge in [0.15, 0.2) is 0 Å². The van der Waals surface area contributed by atoms with Gasteiger partial charge in [0.25, 0.3) is 0 Å². The van der Waals surface area contributed by atoms with E-state index < -0.39 is 0 Å². The molecule has 0 nitrogen and oxygen atoms in total. The summed E-state index contributed by atoms with van der Waals surface area (Å²) in [6.07, 6.45) is 0.863. The molecule has 3 heteroatoms. The Morgan fingerprint density at radius 3 is 2.53 bits per heavy atom. The Balaban J connectivity index is 1.83. The van der Waals surface area contributed by atoms with Crippen molar-refractivity contribution < 1.29 is 0 Å². The predicted octanol–water partition coefficient (Wildman–Crippen LogP) is 6.19. The third-order valence-electron chi connectivity index (χ3n) is 3.08. The van der Waals surface area contributed by atoms with Crippen LogP contribution in [0.4, 0.5) is 0 Å². The first-order valence-electron chi connectivity index (χ1n) is 6.09. The molecule has 0 aliphatic rings. The molecule has 0 bridgehead atoms. The van der Waals surface area contributed by atoms with Gasteiger partial charge in [0.1, 0.15) is 0 Å². The maximum atomic E-state index is 6.55. The minimum absolute atomic E-state index is 0.0403. The fourth-order valence-electron chi connectivity index (χ4n) is 2.08. The second-order valence-electron chi connectivity index (χ2n) is 4.48. The van der Waals surface area contributed by atoms with Crippen molar-refractivity contribution in [1.29, 1.82) is 0 Å². The highest BCUT2D eigenvalue weighted by atomic mass is 79.9. The molecule has 0 fully saturated rings. The summed E-state index contributed by atoms with van der Waals surface area (Å²) in [6, 6.07) is 19.0. The maximum Gasteiger partial charge on any atom is 0.0719 e. The van der Waals surface area contributed by atoms with Crippen LogP contribution in [0.25, 0.3) is 10.1 Å². The van der Waals surface area contributed by atoms with E-state index in [-0.39, 0.29) is 5.38 Å². The molecule has 0 spiro atoms. The molecule has 0 saturated carbocycles. The van der Waals surface area contributed by atoms with Crippen molar-refractivity contribution in [3.63, 3.8) is 0 Å². The standard InChI is InChI=1S/C16H12BrClS/c17-13-7-5-11(6-8-13)9-14(18)16-10-12-3-1-2-4-15(12)19-16/h1-8,10,14H,9H2. The monoisotopic (exact) mass is 350 g/mol. The minimum atomic E-state index is 0.0403. The van der Waals surface area contributed by atoms with E-state index in [9.17, 15) is 0 Å². The second-order valence-corrected chi connectivity index (χ2v) is 7.04. The van der Waals surface area contributed by atoms with E-state index in [1.165, 1.54) is 20.5 Å². The summed E-state index contributed by atoms with van der Waals surface area (Å²) in [5, 5.41) is 1.32. The van der Waals surface area contributed by atoms with Gasteiger partial charge < -0.3 is 0 Å². The van der Waals surface area contributed by atoms with Gasteiger partial charge in [0.2, 0.25) is 0 Å². The molecule has 0 amide bonds. The summed E-state index contributed by atoms with van der Waals surface area (Å²) >= 11 is 11.8. The number of fused-ring (bicyclic) bond motifs is 1. The Bertz CT molecular complexity index is 654. The first kappa shape index (κ1) is 13.2. The van der Waals surface area contributed by atoms with Gasteiger partial charge in [-0.25, -0.2) is 0 Å². The average molecular weight is 352 g/mol. The lowest BCUT2D eigenvalue weighted by Gasteiger charge is -2.07. The van der Waals surface area contributed by atoms with Crippen molar-refractivity contribution >= 4 is 49.0 Å². The number of thiophene rings is 1. The lowest BCUT2D eigenvalue weighted by Crippen LogP contribution is -1.92. The highest BCUT2D eigenvalue weighted by Crippen LogP contribution is 2.34. The summed E-state index contributed by atoms with van der Waals surface area (Å²) < 4.78 is 2.41. The minimum Gasteiger partial charge on any atom is -0.139 e. The maximum absolute atomic E-state index is 6.55. The molecule has 3 rings (SSSR count). The lowest BCUT2D eigenvalue weighted by atomic mass is 10.1. The van der Waals surface area contributed by atoms with Gasteiger partial charge in [-0.05, 0) is 41.6 Å². The summed E-state index contributed by atoms with van der Waals surface area (Å²) in [5.74, 6) is 0. The highest BCUT2D eigenvalue weighted by Gasteiger charge is 2.12. The zero-order chi connectivity index (χ0) is 13.2. The summed E-state index contributed by atoms with van der Waals surface area (Å²) in [4.78, 5) is 1.24. The van der Waals surface area contributed by atoms with Crippen LogP contribution in [0, 0.1) is 0 Å². The third kappa shape index (κ3) is 3.02. The first-order valence-corrected chi connectivity index (χ1v) is 8.14. The quantitative estimate of drug-likeness (QED) is 0.494. The van der Waals surface area contributed by atoms with Crippen molar-refractivity contribution in [3.05, 3.63) is 69.5 Å². The number of alkyl halides is 1. The SMILES string of the molecule is ClC(Cc1ccc(Br)cc1)c1cc2ccccc2s1. The molecule has 19 heavy (non-hydrogen) atoms. The molecular formula is C16H12BrClS. The number of hydrogen-bond donors (Lipinski definition) is 0. The van der Waals surface area contributed by atoms with E-state index in [1.54, 1.807) is 11.3 Å². The van der Waals surface area contributed by atoms with E-state index in [0.717, 1.165) is 10.9 Å². The van der Waals surface area contributed by atoms with E-state index in [2.05, 4.69) is 70.5 Å². The van der Waals surface area contributed by atoms with Gasteiger partial charge in [-0.2, -0.15) is 0 Å². The van der Waals surface area contributed by atoms with E-state index in [1.807, 2.05) is 0 Å². The third-order valence-corrected chi connectivity index (χ3v) is 5.36. The molecule has 1 aromatic heterocycles. The van der Waals surface area contributed by atoms with Crippen LogP contribution in [0.15, 0.2) is 59.1 Å². The Kier molecular flexibility index (Phi) is 3.92. The molecule has 0 N–H and O–H groups in total. The van der Waals surface area contributed by atoms with E-state index >= 15 is 0 Å². The fraction of sp³-hybridized carbons (Fsp3) is 0.125. The fourth-order valence-corrected chi connectivity index (χ4v) is 3.77. The van der Waals surface area contributed by atoms with Crippen molar-refractivity contribution in [2.75, 3.05) is 0 Å². The van der Waals surface area contributed by atoms with Gasteiger partial charge in [0.05, 0.1) is 5.38 Å². The number of benzene rings is 2. The summed E-state index contributed by atoms with van der Waals surface area (Å²) in [5.41, 5.74) is 1.26. The molecule has 1 heterocycles. The van der Waals surface area contributed by atoms with Crippen molar-refractivity contribution in [2.45, 2.75) is 11.8 Å². The molecule has 3 aromatic rings. The normalized spacial score (nSPS) is 12.7. The number of rotatable bonds is 3. The molecule has 0 radical (unpaired) electrons. The largest absolute Gasteiger partial charge is 0.139 e. The molecule has 0 aliphatic carbocycles. The Hall–Kier alpha value is -0.830. The van der Waals surface area contributed by atoms with Crippen LogP contribution in [0.3, 0.4) is 0 Å². The van der Waals surface area contributed by atoms with Crippen LogP contribution in [0.2, 0.25) is 0 Å². The first-order chi connectivity index (χ1) is 9.22. The van der Waals surface area contributed by atoms with Crippen molar-refractivity contribution in [3.8, 4) is 0 Å². The molecule has 1 unspecified atom stereocenters. The van der Waals surface area contributed by atoms with Gasteiger partial charge in [-0.15, -0.1) is 22.9 Å². The van der Waals surface area contributed by atoms with Crippen LogP contribution in [-0.2, 0) is 6.42 Å². The Labute approximate surface area is 130 Å². The zero-order valence-corrected chi connectivity index (χ0v) is 13.3. The Morgan fingerprint density at radius 2 is 1.79 bits per heavy atom. The zero-order valence-electron chi connectivity index (χ0n) is 10.1. The molecule has 1 atom stereocenters. The highest BCUT2D eigenvalue weighted by molar-refractivity contribution is 9.10. The lowest BCUT2D eigenvalue weighted by molar-refractivity contribution is 0.940. The van der Waals surface area contributed by atoms with E-state index in [0.29, 0.717) is 0 Å². The molecular weight excluding hydrogens is 340 g/mol. The van der Waals surface area contributed by atoms with E-state index in [4.69, 9.17) is 11.6 Å². The van der Waals surface area contributed by atoms with Crippen LogP contribution in [0.5, 0.6) is 0 Å². The molecule has 2 aromatic carbocycles. The molecule has 96 valence electrons. The average Bonchev–Trinajstić information content (AvgIpc) is 2.85. The van der Waals surface area contributed by atoms with Gasteiger partial charge in [0, 0.05) is 14.0 Å². The summed E-state index contributed by atoms with van der Waals surface area (Å²) in [6.45, 7) is 0. The van der Waals surface area contributed by atoms with Crippen LogP contribution in [0.1, 0.15) is 15.8 Å². The summed E-state index contributed by atoms with van der Waals surface area (Å²) in [7, 11) is 0. The smallest absolute Gasteiger partial charge is 0.0719 e. The van der Waals surface area contributed by atoms with Crippen LogP contribution < -0.4 is 0 Å². The Morgan fingerprint density at radius 1 is 1.05 bits per heavy atom. The number of halogens is 2. The topological polar surface area (TPSA) is 0 Å². The number of hydrogen-bond acceptors (Lipinski definition) is 1. The van der Waals surface area contributed by atoms with Gasteiger partial charge in [-0.1, -0.05) is 46.3 Å². The van der Waals surface area contributed by atoms with Crippen LogP contribution >= 0.6 is 38.9 Å².